The van der Waals surface area contributed by atoms with E-state index in [1.54, 1.807) is 0 Å². The third-order valence-electron chi connectivity index (χ3n) is 4.56. The number of carbonyl (C=O) groups excluding carboxylic acids is 1. The molecule has 0 aliphatic heterocycles. The van der Waals surface area contributed by atoms with Gasteiger partial charge in [-0.05, 0) is 23.1 Å². The number of H-pyrrole nitrogens is 1. The van der Waals surface area contributed by atoms with E-state index in [1.807, 2.05) is 42.6 Å². The lowest BCUT2D eigenvalue weighted by atomic mass is 10.1. The third kappa shape index (κ3) is 2.53. The monoisotopic (exact) mass is 357 g/mol. The SMILES string of the molecule is O=C(Cc1c[nH]c2ccccc12)Nc1nc2c(ccc3ccccc32)s1. The van der Waals surface area contributed by atoms with Gasteiger partial charge < -0.3 is 10.3 Å². The van der Waals surface area contributed by atoms with Crippen LogP contribution in [-0.2, 0) is 11.2 Å². The lowest BCUT2D eigenvalue weighted by Crippen LogP contribution is -2.13. The standard InChI is InChI=1S/C21H15N3OS/c25-19(11-14-12-22-17-8-4-3-6-15(14)17)23-21-24-20-16-7-2-1-5-13(16)9-10-18(20)26-21/h1-10,12,22H,11H2,(H,23,24,25). The maximum atomic E-state index is 12.5. The molecule has 126 valence electrons. The number of amides is 1. The van der Waals surface area contributed by atoms with E-state index in [-0.39, 0.29) is 5.91 Å². The number of nitrogens with one attached hydrogen (secondary N) is 2. The smallest absolute Gasteiger partial charge is 0.230 e. The first-order valence-corrected chi connectivity index (χ1v) is 9.23. The molecule has 0 radical (unpaired) electrons. The van der Waals surface area contributed by atoms with E-state index >= 15 is 0 Å². The second-order valence-electron chi connectivity index (χ2n) is 6.24. The lowest BCUT2D eigenvalue weighted by molar-refractivity contribution is -0.115. The minimum Gasteiger partial charge on any atom is -0.361 e. The van der Waals surface area contributed by atoms with E-state index in [0.29, 0.717) is 11.6 Å². The first-order chi connectivity index (χ1) is 12.8. The maximum Gasteiger partial charge on any atom is 0.230 e. The van der Waals surface area contributed by atoms with Crippen molar-refractivity contribution >= 4 is 54.3 Å². The number of aromatic nitrogens is 2. The van der Waals surface area contributed by atoms with Crippen LogP contribution in [0, 0.1) is 0 Å². The average molecular weight is 357 g/mol. The van der Waals surface area contributed by atoms with Crippen LogP contribution in [0.15, 0.2) is 66.9 Å². The van der Waals surface area contributed by atoms with E-state index in [0.717, 1.165) is 37.5 Å². The predicted octanol–water partition coefficient (Wildman–Crippen LogP) is 5.11. The van der Waals surface area contributed by atoms with Crippen molar-refractivity contribution in [3.63, 3.8) is 0 Å². The summed E-state index contributed by atoms with van der Waals surface area (Å²) < 4.78 is 1.08. The predicted molar refractivity (Wildman–Crippen MR) is 108 cm³/mol. The van der Waals surface area contributed by atoms with Crippen molar-refractivity contribution in [1.82, 2.24) is 9.97 Å². The average Bonchev–Trinajstić information content (AvgIpc) is 3.26. The number of nitrogens with zero attached hydrogens (tertiary/aromatic N) is 1. The Hall–Kier alpha value is -3.18. The number of aromatic amines is 1. The molecule has 0 spiro atoms. The van der Waals surface area contributed by atoms with E-state index in [4.69, 9.17) is 0 Å². The largest absolute Gasteiger partial charge is 0.361 e. The zero-order chi connectivity index (χ0) is 17.5. The Kier molecular flexibility index (Phi) is 3.47. The zero-order valence-electron chi connectivity index (χ0n) is 13.8. The Bertz CT molecular complexity index is 1270. The number of carbonyl (C=O) groups is 1. The van der Waals surface area contributed by atoms with Gasteiger partial charge in [-0.15, -0.1) is 0 Å². The van der Waals surface area contributed by atoms with Crippen LogP contribution in [0.1, 0.15) is 5.56 Å². The first kappa shape index (κ1) is 15.1. The number of thiazole rings is 1. The van der Waals surface area contributed by atoms with Gasteiger partial charge in [0.15, 0.2) is 5.13 Å². The Morgan fingerprint density at radius 1 is 1.00 bits per heavy atom. The van der Waals surface area contributed by atoms with E-state index in [2.05, 4.69) is 39.6 Å². The summed E-state index contributed by atoms with van der Waals surface area (Å²) >= 11 is 1.51. The van der Waals surface area contributed by atoms with Gasteiger partial charge in [0, 0.05) is 22.5 Å². The molecule has 0 aliphatic rings. The third-order valence-corrected chi connectivity index (χ3v) is 5.49. The second kappa shape index (κ2) is 5.97. The number of fused-ring (bicyclic) bond motifs is 4. The van der Waals surface area contributed by atoms with Gasteiger partial charge >= 0.3 is 0 Å². The van der Waals surface area contributed by atoms with Crippen molar-refractivity contribution in [3.05, 3.63) is 72.4 Å². The zero-order valence-corrected chi connectivity index (χ0v) is 14.6. The summed E-state index contributed by atoms with van der Waals surface area (Å²) in [6, 6.07) is 20.3. The lowest BCUT2D eigenvalue weighted by Gasteiger charge is -2.00. The molecule has 0 fully saturated rings. The number of benzene rings is 3. The van der Waals surface area contributed by atoms with Crippen LogP contribution in [0.3, 0.4) is 0 Å². The fourth-order valence-corrected chi connectivity index (χ4v) is 4.23. The fraction of sp³-hybridized carbons (Fsp3) is 0.0476. The van der Waals surface area contributed by atoms with Crippen LogP contribution in [-0.4, -0.2) is 15.9 Å². The highest BCUT2D eigenvalue weighted by Crippen LogP contribution is 2.31. The Morgan fingerprint density at radius 3 is 2.73 bits per heavy atom. The van der Waals surface area contributed by atoms with Crippen molar-refractivity contribution < 1.29 is 4.79 Å². The number of rotatable bonds is 3. The summed E-state index contributed by atoms with van der Waals surface area (Å²) in [5.74, 6) is -0.0573. The highest BCUT2D eigenvalue weighted by atomic mass is 32.1. The molecule has 1 amide bonds. The molecule has 4 nitrogen and oxygen atoms in total. The Balaban J connectivity index is 1.43. The van der Waals surface area contributed by atoms with Crippen LogP contribution < -0.4 is 5.32 Å². The minimum atomic E-state index is -0.0573. The van der Waals surface area contributed by atoms with Crippen LogP contribution in [0.2, 0.25) is 0 Å². The van der Waals surface area contributed by atoms with E-state index < -0.39 is 0 Å². The number of hydrogen-bond acceptors (Lipinski definition) is 3. The molecule has 0 saturated heterocycles. The number of hydrogen-bond donors (Lipinski definition) is 2. The highest BCUT2D eigenvalue weighted by molar-refractivity contribution is 7.22. The molecule has 0 unspecified atom stereocenters. The molecule has 5 heteroatoms. The molecule has 5 aromatic rings. The normalized spacial score (nSPS) is 11.4. The molecule has 0 saturated carbocycles. The molecular formula is C21H15N3OS. The van der Waals surface area contributed by atoms with Crippen LogP contribution in [0.4, 0.5) is 5.13 Å². The maximum absolute atomic E-state index is 12.5. The quantitative estimate of drug-likeness (QED) is 0.471. The molecule has 0 bridgehead atoms. The number of para-hydroxylation sites is 1. The first-order valence-electron chi connectivity index (χ1n) is 8.41. The van der Waals surface area contributed by atoms with Gasteiger partial charge in [-0.25, -0.2) is 4.98 Å². The van der Waals surface area contributed by atoms with Gasteiger partial charge in [-0.1, -0.05) is 59.9 Å². The topological polar surface area (TPSA) is 57.8 Å². The van der Waals surface area contributed by atoms with Gasteiger partial charge in [0.05, 0.1) is 16.6 Å². The Labute approximate surface area is 153 Å². The van der Waals surface area contributed by atoms with E-state index in [9.17, 15) is 4.79 Å². The molecule has 2 heterocycles. The molecule has 26 heavy (non-hydrogen) atoms. The van der Waals surface area contributed by atoms with Crippen LogP contribution >= 0.6 is 11.3 Å². The van der Waals surface area contributed by atoms with Crippen LogP contribution in [0.25, 0.3) is 31.9 Å². The summed E-state index contributed by atoms with van der Waals surface area (Å²) in [5, 5.41) is 6.94. The summed E-state index contributed by atoms with van der Waals surface area (Å²) in [7, 11) is 0. The van der Waals surface area contributed by atoms with Gasteiger partial charge in [0.2, 0.25) is 5.91 Å². The summed E-state index contributed by atoms with van der Waals surface area (Å²) in [4.78, 5) is 20.4. The summed E-state index contributed by atoms with van der Waals surface area (Å²) in [6.45, 7) is 0. The highest BCUT2D eigenvalue weighted by Gasteiger charge is 2.12. The molecule has 0 atom stereocenters. The van der Waals surface area contributed by atoms with Crippen molar-refractivity contribution in [2.24, 2.45) is 0 Å². The van der Waals surface area contributed by atoms with Crippen molar-refractivity contribution in [1.29, 1.82) is 0 Å². The van der Waals surface area contributed by atoms with Gasteiger partial charge in [-0.2, -0.15) is 0 Å². The fourth-order valence-electron chi connectivity index (χ4n) is 3.33. The molecular weight excluding hydrogens is 342 g/mol. The molecule has 2 aromatic heterocycles. The van der Waals surface area contributed by atoms with Gasteiger partial charge in [0.25, 0.3) is 0 Å². The van der Waals surface area contributed by atoms with Crippen LogP contribution in [0.5, 0.6) is 0 Å². The summed E-state index contributed by atoms with van der Waals surface area (Å²) in [5.41, 5.74) is 2.97. The van der Waals surface area contributed by atoms with E-state index in [1.165, 1.54) is 11.3 Å². The van der Waals surface area contributed by atoms with Crippen molar-refractivity contribution in [2.45, 2.75) is 6.42 Å². The molecule has 5 rings (SSSR count). The molecule has 3 aromatic carbocycles. The second-order valence-corrected chi connectivity index (χ2v) is 7.27. The van der Waals surface area contributed by atoms with Gasteiger partial charge in [0.1, 0.15) is 0 Å². The van der Waals surface area contributed by atoms with Crippen molar-refractivity contribution in [3.8, 4) is 0 Å². The number of anilines is 1. The molecule has 2 N–H and O–H groups in total. The minimum absolute atomic E-state index is 0.0573. The van der Waals surface area contributed by atoms with Gasteiger partial charge in [-0.3, -0.25) is 4.79 Å². The summed E-state index contributed by atoms with van der Waals surface area (Å²) in [6.07, 6.45) is 2.22. The van der Waals surface area contributed by atoms with Crippen molar-refractivity contribution in [2.75, 3.05) is 5.32 Å². The molecule has 0 aliphatic carbocycles. The Morgan fingerprint density at radius 2 is 1.81 bits per heavy atom.